The Bertz CT molecular complexity index is 1140. The molecule has 0 aliphatic rings. The summed E-state index contributed by atoms with van der Waals surface area (Å²) in [5, 5.41) is 12.2. The molecule has 0 bridgehead atoms. The van der Waals surface area contributed by atoms with Gasteiger partial charge in [0.05, 0.1) is 24.7 Å². The van der Waals surface area contributed by atoms with E-state index in [9.17, 15) is 4.79 Å². The summed E-state index contributed by atoms with van der Waals surface area (Å²) in [4.78, 5) is 17.1. The fourth-order valence-electron chi connectivity index (χ4n) is 2.68. The van der Waals surface area contributed by atoms with Crippen molar-refractivity contribution in [1.29, 1.82) is 0 Å². The molecule has 1 N–H and O–H groups in total. The Labute approximate surface area is 165 Å². The molecule has 0 spiro atoms. The molecule has 8 nitrogen and oxygen atoms in total. The number of hydrogen-bond acceptors (Lipinski definition) is 6. The lowest BCUT2D eigenvalue weighted by atomic mass is 10.2. The van der Waals surface area contributed by atoms with Crippen molar-refractivity contribution in [2.24, 2.45) is 0 Å². The van der Waals surface area contributed by atoms with Gasteiger partial charge in [-0.05, 0) is 48.5 Å². The lowest BCUT2D eigenvalue weighted by Gasteiger charge is -2.13. The van der Waals surface area contributed by atoms with Crippen LogP contribution in [-0.4, -0.2) is 31.7 Å². The highest BCUT2D eigenvalue weighted by molar-refractivity contribution is 6.30. The molecule has 0 saturated carbocycles. The zero-order valence-corrected chi connectivity index (χ0v) is 15.5. The first kappa shape index (κ1) is 17.7. The average Bonchev–Trinajstić information content (AvgIpc) is 3.24. The lowest BCUT2D eigenvalue weighted by molar-refractivity contribution is 0.415. The van der Waals surface area contributed by atoms with Crippen LogP contribution in [-0.2, 0) is 0 Å². The van der Waals surface area contributed by atoms with E-state index in [0.29, 0.717) is 22.1 Å². The van der Waals surface area contributed by atoms with Crippen LogP contribution in [0.5, 0.6) is 5.75 Å². The van der Waals surface area contributed by atoms with Gasteiger partial charge in [0, 0.05) is 10.7 Å². The summed E-state index contributed by atoms with van der Waals surface area (Å²) in [6.07, 6.45) is 4.39. The molecule has 0 fully saturated rings. The van der Waals surface area contributed by atoms with Gasteiger partial charge in [0.1, 0.15) is 18.4 Å². The van der Waals surface area contributed by atoms with E-state index in [1.165, 1.54) is 22.0 Å². The van der Waals surface area contributed by atoms with E-state index in [4.69, 9.17) is 16.3 Å². The number of nitrogens with zero attached hydrogens (tertiary/aromatic N) is 5. The van der Waals surface area contributed by atoms with Gasteiger partial charge < -0.3 is 10.1 Å². The predicted octanol–water partition coefficient (Wildman–Crippen LogP) is 3.22. The first-order chi connectivity index (χ1) is 13.7. The maximum absolute atomic E-state index is 13.2. The number of anilines is 2. The number of halogens is 1. The van der Waals surface area contributed by atoms with E-state index < -0.39 is 0 Å². The maximum atomic E-state index is 13.2. The molecule has 2 aromatic carbocycles. The summed E-state index contributed by atoms with van der Waals surface area (Å²) in [6.45, 7) is 0. The van der Waals surface area contributed by atoms with Gasteiger partial charge >= 0.3 is 0 Å². The van der Waals surface area contributed by atoms with Gasteiger partial charge in [0.2, 0.25) is 0 Å². The topological polar surface area (TPSA) is 86.9 Å². The Hall–Kier alpha value is -3.65. The minimum atomic E-state index is -0.355. The fourth-order valence-corrected chi connectivity index (χ4v) is 2.80. The molecule has 0 aliphatic carbocycles. The smallest absolute Gasteiger partial charge is 0.299 e. The fraction of sp³-hybridized carbons (Fsp3) is 0.0526. The van der Waals surface area contributed by atoms with Gasteiger partial charge in [0.15, 0.2) is 5.69 Å². The summed E-state index contributed by atoms with van der Waals surface area (Å²) in [7, 11) is 1.60. The normalized spacial score (nSPS) is 10.6. The highest BCUT2D eigenvalue weighted by Crippen LogP contribution is 2.23. The molecule has 0 radical (unpaired) electrons. The Balaban J connectivity index is 1.81. The number of hydrogen-bond donors (Lipinski definition) is 1. The average molecular weight is 395 g/mol. The molecule has 0 unspecified atom stereocenters. The van der Waals surface area contributed by atoms with E-state index in [-0.39, 0.29) is 5.56 Å². The Morgan fingerprint density at radius 3 is 2.43 bits per heavy atom. The van der Waals surface area contributed by atoms with Crippen molar-refractivity contribution in [2.75, 3.05) is 12.4 Å². The molecule has 0 amide bonds. The first-order valence-electron chi connectivity index (χ1n) is 8.30. The standard InChI is InChI=1S/C19H15ClN6O2/c1-28-16-8-4-14(5-9-16)24-17-10-22-26(15-6-2-13(20)3-7-15)19(27)18(17)25-12-21-11-23-25/h2-12,24H,1H3. The van der Waals surface area contributed by atoms with Crippen LogP contribution in [0.4, 0.5) is 11.4 Å². The summed E-state index contributed by atoms with van der Waals surface area (Å²) < 4.78 is 7.86. The molecule has 9 heteroatoms. The molecule has 2 heterocycles. The van der Waals surface area contributed by atoms with Gasteiger partial charge in [-0.3, -0.25) is 4.79 Å². The van der Waals surface area contributed by atoms with Crippen molar-refractivity contribution < 1.29 is 4.74 Å². The van der Waals surface area contributed by atoms with Crippen molar-refractivity contribution in [3.8, 4) is 17.1 Å². The minimum absolute atomic E-state index is 0.290. The second kappa shape index (κ2) is 7.53. The number of ether oxygens (including phenoxy) is 1. The van der Waals surface area contributed by atoms with Gasteiger partial charge in [-0.15, -0.1) is 0 Å². The Kier molecular flexibility index (Phi) is 4.77. The third-order valence-electron chi connectivity index (χ3n) is 4.04. The van der Waals surface area contributed by atoms with Crippen molar-refractivity contribution in [3.63, 3.8) is 0 Å². The van der Waals surface area contributed by atoms with Gasteiger partial charge in [-0.1, -0.05) is 11.6 Å². The van der Waals surface area contributed by atoms with Crippen LogP contribution in [0.1, 0.15) is 0 Å². The van der Waals surface area contributed by atoms with Crippen LogP contribution in [0.2, 0.25) is 5.02 Å². The van der Waals surface area contributed by atoms with E-state index in [0.717, 1.165) is 11.4 Å². The summed E-state index contributed by atoms with van der Waals surface area (Å²) in [6, 6.07) is 14.2. The zero-order chi connectivity index (χ0) is 19.5. The third kappa shape index (κ3) is 3.45. The van der Waals surface area contributed by atoms with Crippen molar-refractivity contribution in [1.82, 2.24) is 24.5 Å². The lowest BCUT2D eigenvalue weighted by Crippen LogP contribution is -2.26. The molecular weight excluding hydrogens is 380 g/mol. The van der Waals surface area contributed by atoms with Gasteiger partial charge in [0.25, 0.3) is 5.56 Å². The van der Waals surface area contributed by atoms with Crippen LogP contribution in [0.3, 0.4) is 0 Å². The van der Waals surface area contributed by atoms with E-state index in [2.05, 4.69) is 20.5 Å². The Morgan fingerprint density at radius 2 is 1.79 bits per heavy atom. The maximum Gasteiger partial charge on any atom is 0.299 e. The molecule has 4 rings (SSSR count). The molecule has 140 valence electrons. The molecule has 28 heavy (non-hydrogen) atoms. The van der Waals surface area contributed by atoms with E-state index in [1.54, 1.807) is 37.6 Å². The number of rotatable bonds is 5. The first-order valence-corrected chi connectivity index (χ1v) is 8.68. The van der Waals surface area contributed by atoms with Crippen molar-refractivity contribution >= 4 is 23.0 Å². The molecule has 2 aromatic heterocycles. The SMILES string of the molecule is COc1ccc(Nc2cnn(-c3ccc(Cl)cc3)c(=O)c2-n2cncn2)cc1. The number of methoxy groups -OCH3 is 1. The summed E-state index contributed by atoms with van der Waals surface area (Å²) >= 11 is 5.94. The zero-order valence-electron chi connectivity index (χ0n) is 14.8. The third-order valence-corrected chi connectivity index (χ3v) is 4.29. The molecule has 0 atom stereocenters. The van der Waals surface area contributed by atoms with Crippen LogP contribution in [0.15, 0.2) is 72.2 Å². The van der Waals surface area contributed by atoms with Crippen molar-refractivity contribution in [2.45, 2.75) is 0 Å². The summed E-state index contributed by atoms with van der Waals surface area (Å²) in [5.74, 6) is 0.735. The van der Waals surface area contributed by atoms with Crippen molar-refractivity contribution in [3.05, 3.63) is 82.8 Å². The van der Waals surface area contributed by atoms with Crippen LogP contribution in [0.25, 0.3) is 11.4 Å². The van der Waals surface area contributed by atoms with E-state index >= 15 is 0 Å². The monoisotopic (exact) mass is 394 g/mol. The largest absolute Gasteiger partial charge is 0.497 e. The number of aromatic nitrogens is 5. The van der Waals surface area contributed by atoms with Gasteiger partial charge in [-0.2, -0.15) is 14.9 Å². The molecule has 0 saturated heterocycles. The highest BCUT2D eigenvalue weighted by atomic mass is 35.5. The molecule has 4 aromatic rings. The number of benzene rings is 2. The van der Waals surface area contributed by atoms with Crippen LogP contribution in [0, 0.1) is 0 Å². The second-order valence-electron chi connectivity index (χ2n) is 5.79. The molecular formula is C19H15ClN6O2. The predicted molar refractivity (Wildman–Crippen MR) is 106 cm³/mol. The Morgan fingerprint density at radius 1 is 1.04 bits per heavy atom. The minimum Gasteiger partial charge on any atom is -0.497 e. The molecule has 0 aliphatic heterocycles. The van der Waals surface area contributed by atoms with Gasteiger partial charge in [-0.25, -0.2) is 9.67 Å². The van der Waals surface area contributed by atoms with E-state index in [1.807, 2.05) is 24.3 Å². The highest BCUT2D eigenvalue weighted by Gasteiger charge is 2.16. The van der Waals surface area contributed by atoms with Crippen LogP contribution < -0.4 is 15.6 Å². The quantitative estimate of drug-likeness (QED) is 0.559. The number of nitrogens with one attached hydrogen (secondary N) is 1. The van der Waals surface area contributed by atoms with Crippen LogP contribution >= 0.6 is 11.6 Å². The summed E-state index contributed by atoms with van der Waals surface area (Å²) in [5.41, 5.74) is 1.79. The second-order valence-corrected chi connectivity index (χ2v) is 6.23.